The molecule has 6 heteroatoms. The molecule has 1 N–H and O–H groups in total. The molecule has 2 heterocycles. The fourth-order valence-corrected chi connectivity index (χ4v) is 3.68. The van der Waals surface area contributed by atoms with Crippen molar-refractivity contribution in [1.82, 2.24) is 25.6 Å². The number of H-pyrrole nitrogens is 1. The number of para-hydroxylation sites is 1. The van der Waals surface area contributed by atoms with Gasteiger partial charge in [-0.15, -0.1) is 10.2 Å². The van der Waals surface area contributed by atoms with Crippen LogP contribution in [-0.4, -0.2) is 25.6 Å². The smallest absolute Gasteiger partial charge is 0.177 e. The Balaban J connectivity index is 1.35. The van der Waals surface area contributed by atoms with Crippen LogP contribution in [0.3, 0.4) is 0 Å². The van der Waals surface area contributed by atoms with Gasteiger partial charge >= 0.3 is 0 Å². The maximum Gasteiger partial charge on any atom is 0.177 e. The van der Waals surface area contributed by atoms with Crippen LogP contribution in [0.25, 0.3) is 10.9 Å². The lowest BCUT2D eigenvalue weighted by Crippen LogP contribution is -2.07. The van der Waals surface area contributed by atoms with E-state index in [1.807, 2.05) is 36.4 Å². The average Bonchev–Trinajstić information content (AvgIpc) is 3.27. The van der Waals surface area contributed by atoms with Crippen molar-refractivity contribution in [3.8, 4) is 5.75 Å². The van der Waals surface area contributed by atoms with E-state index in [0.717, 1.165) is 41.0 Å². The van der Waals surface area contributed by atoms with Crippen molar-refractivity contribution in [2.24, 2.45) is 5.92 Å². The highest BCUT2D eigenvalue weighted by molar-refractivity contribution is 5.78. The van der Waals surface area contributed by atoms with Crippen molar-refractivity contribution in [2.75, 3.05) is 0 Å². The molecule has 0 aliphatic carbocycles. The number of tetrazole rings is 1. The summed E-state index contributed by atoms with van der Waals surface area (Å²) < 4.78 is 6.01. The number of nitrogens with one attached hydrogen (secondary N) is 1. The number of rotatable bonds is 8. The quantitative estimate of drug-likeness (QED) is 0.474. The summed E-state index contributed by atoms with van der Waals surface area (Å²) in [6.07, 6.45) is 1.99. The molecule has 0 amide bonds. The minimum Gasteiger partial charge on any atom is -0.487 e. The van der Waals surface area contributed by atoms with E-state index >= 15 is 0 Å². The van der Waals surface area contributed by atoms with Crippen LogP contribution in [0.2, 0.25) is 0 Å². The molecule has 0 aliphatic rings. The molecule has 0 aliphatic heterocycles. The van der Waals surface area contributed by atoms with Gasteiger partial charge in [-0.3, -0.25) is 0 Å². The van der Waals surface area contributed by atoms with E-state index < -0.39 is 0 Å². The second-order valence-electron chi connectivity index (χ2n) is 7.65. The van der Waals surface area contributed by atoms with Crippen LogP contribution >= 0.6 is 0 Å². The number of hydrogen-bond donors (Lipinski definition) is 1. The van der Waals surface area contributed by atoms with Crippen molar-refractivity contribution in [3.63, 3.8) is 0 Å². The summed E-state index contributed by atoms with van der Waals surface area (Å²) in [5.41, 5.74) is 3.19. The molecule has 29 heavy (non-hydrogen) atoms. The average molecular weight is 387 g/mol. The van der Waals surface area contributed by atoms with Crippen LogP contribution in [0.4, 0.5) is 0 Å². The van der Waals surface area contributed by atoms with Gasteiger partial charge in [0.05, 0.1) is 11.2 Å². The van der Waals surface area contributed by atoms with Crippen molar-refractivity contribution >= 4 is 10.9 Å². The fourth-order valence-electron chi connectivity index (χ4n) is 3.68. The lowest BCUT2D eigenvalue weighted by Gasteiger charge is -2.15. The zero-order valence-electron chi connectivity index (χ0n) is 16.7. The predicted molar refractivity (Wildman–Crippen MR) is 113 cm³/mol. The van der Waals surface area contributed by atoms with Gasteiger partial charge in [-0.2, -0.15) is 5.21 Å². The first-order valence-electron chi connectivity index (χ1n) is 9.97. The lowest BCUT2D eigenvalue weighted by atomic mass is 9.91. The Bertz CT molecular complexity index is 1060. The maximum atomic E-state index is 6.01. The molecule has 0 saturated heterocycles. The predicted octanol–water partition coefficient (Wildman–Crippen LogP) is 4.70. The first-order valence-corrected chi connectivity index (χ1v) is 9.97. The van der Waals surface area contributed by atoms with E-state index in [1.165, 1.54) is 5.56 Å². The third-order valence-corrected chi connectivity index (χ3v) is 5.08. The van der Waals surface area contributed by atoms with Crippen LogP contribution < -0.4 is 4.74 Å². The monoisotopic (exact) mass is 387 g/mol. The number of pyridine rings is 1. The summed E-state index contributed by atoms with van der Waals surface area (Å²) in [6.45, 7) is 4.85. The standard InChI is InChI=1S/C23H25N5O/c1-16(12-17(2)23-25-27-28-26-23)13-18-6-5-8-21(14-18)29-15-20-11-10-19-7-3-4-9-22(19)24-20/h3-11,14,16-17H,12-13,15H2,1-2H3,(H,25,26,27,28). The van der Waals surface area contributed by atoms with Crippen LogP contribution in [0.1, 0.15) is 43.3 Å². The van der Waals surface area contributed by atoms with E-state index in [1.54, 1.807) is 0 Å². The second-order valence-corrected chi connectivity index (χ2v) is 7.65. The maximum absolute atomic E-state index is 6.01. The van der Waals surface area contributed by atoms with Gasteiger partial charge in [-0.05, 0) is 48.6 Å². The molecule has 0 saturated carbocycles. The molecule has 2 aromatic carbocycles. The van der Waals surface area contributed by atoms with E-state index in [9.17, 15) is 0 Å². The Labute approximate surface area is 170 Å². The minimum atomic E-state index is 0.280. The highest BCUT2D eigenvalue weighted by atomic mass is 16.5. The number of aromatic nitrogens is 5. The van der Waals surface area contributed by atoms with Gasteiger partial charge < -0.3 is 4.74 Å². The van der Waals surface area contributed by atoms with E-state index in [-0.39, 0.29) is 5.92 Å². The SMILES string of the molecule is CC(Cc1cccc(OCc2ccc3ccccc3n2)c1)CC(C)c1nn[nH]n1. The van der Waals surface area contributed by atoms with Crippen LogP contribution in [-0.2, 0) is 13.0 Å². The third kappa shape index (κ3) is 4.96. The molecule has 0 radical (unpaired) electrons. The van der Waals surface area contributed by atoms with E-state index in [0.29, 0.717) is 12.5 Å². The van der Waals surface area contributed by atoms with Gasteiger partial charge in [0, 0.05) is 11.3 Å². The number of hydrogen-bond acceptors (Lipinski definition) is 5. The Kier molecular flexibility index (Phi) is 5.79. The summed E-state index contributed by atoms with van der Waals surface area (Å²) in [6, 6.07) is 20.5. The molecule has 2 aromatic heterocycles. The Morgan fingerprint density at radius 2 is 1.90 bits per heavy atom. The number of nitrogens with zero attached hydrogens (tertiary/aromatic N) is 4. The second kappa shape index (κ2) is 8.82. The van der Waals surface area contributed by atoms with Crippen molar-refractivity contribution in [3.05, 3.63) is 77.7 Å². The number of benzene rings is 2. The van der Waals surface area contributed by atoms with Crippen molar-refractivity contribution < 1.29 is 4.74 Å². The topological polar surface area (TPSA) is 76.6 Å². The largest absolute Gasteiger partial charge is 0.487 e. The van der Waals surface area contributed by atoms with Gasteiger partial charge in [0.25, 0.3) is 0 Å². The highest BCUT2D eigenvalue weighted by Gasteiger charge is 2.15. The van der Waals surface area contributed by atoms with E-state index in [4.69, 9.17) is 4.74 Å². The molecule has 0 spiro atoms. The van der Waals surface area contributed by atoms with Gasteiger partial charge in [0.2, 0.25) is 0 Å². The van der Waals surface area contributed by atoms with Crippen molar-refractivity contribution in [2.45, 2.75) is 39.2 Å². The van der Waals surface area contributed by atoms with Crippen LogP contribution in [0.15, 0.2) is 60.7 Å². The number of fused-ring (bicyclic) bond motifs is 1. The van der Waals surface area contributed by atoms with Crippen LogP contribution in [0, 0.1) is 5.92 Å². The molecule has 2 unspecified atom stereocenters. The summed E-state index contributed by atoms with van der Waals surface area (Å²) in [4.78, 5) is 4.67. The van der Waals surface area contributed by atoms with E-state index in [2.05, 4.69) is 63.7 Å². The Morgan fingerprint density at radius 1 is 1.00 bits per heavy atom. The summed E-state index contributed by atoms with van der Waals surface area (Å²) in [5, 5.41) is 15.5. The highest BCUT2D eigenvalue weighted by Crippen LogP contribution is 2.24. The normalized spacial score (nSPS) is 13.3. The lowest BCUT2D eigenvalue weighted by molar-refractivity contribution is 0.301. The molecule has 148 valence electrons. The summed E-state index contributed by atoms with van der Waals surface area (Å²) in [5.74, 6) is 2.43. The summed E-state index contributed by atoms with van der Waals surface area (Å²) >= 11 is 0. The van der Waals surface area contributed by atoms with Gasteiger partial charge in [0.1, 0.15) is 12.4 Å². The van der Waals surface area contributed by atoms with Crippen LogP contribution in [0.5, 0.6) is 5.75 Å². The number of ether oxygens (including phenoxy) is 1. The summed E-state index contributed by atoms with van der Waals surface area (Å²) in [7, 11) is 0. The first kappa shape index (κ1) is 19.1. The fraction of sp³-hybridized carbons (Fsp3) is 0.304. The van der Waals surface area contributed by atoms with Crippen molar-refractivity contribution in [1.29, 1.82) is 0 Å². The molecule has 0 fully saturated rings. The molecular formula is C23H25N5O. The zero-order valence-corrected chi connectivity index (χ0v) is 16.7. The molecule has 4 rings (SSSR count). The molecule has 6 nitrogen and oxygen atoms in total. The first-order chi connectivity index (χ1) is 14.2. The van der Waals surface area contributed by atoms with Gasteiger partial charge in [-0.1, -0.05) is 55.5 Å². The molecular weight excluding hydrogens is 362 g/mol. The third-order valence-electron chi connectivity index (χ3n) is 5.08. The van der Waals surface area contributed by atoms with Gasteiger partial charge in [0.15, 0.2) is 5.82 Å². The molecule has 0 bridgehead atoms. The minimum absolute atomic E-state index is 0.280. The Hall–Kier alpha value is -3.28. The molecule has 2 atom stereocenters. The number of aromatic amines is 1. The van der Waals surface area contributed by atoms with Gasteiger partial charge in [-0.25, -0.2) is 4.98 Å². The Morgan fingerprint density at radius 3 is 2.76 bits per heavy atom. The molecule has 4 aromatic rings. The zero-order chi connectivity index (χ0) is 20.1.